The molecule has 1 aliphatic heterocycles. The second-order valence-corrected chi connectivity index (χ2v) is 7.56. The van der Waals surface area contributed by atoms with Crippen LogP contribution in [0.1, 0.15) is 26.9 Å². The summed E-state index contributed by atoms with van der Waals surface area (Å²) in [6.07, 6.45) is -4.62. The molecule has 1 aliphatic rings. The fraction of sp³-hybridized carbons (Fsp3) is 0.300. The van der Waals surface area contributed by atoms with Gasteiger partial charge in [0, 0.05) is 11.3 Å². The molecule has 0 aromatic heterocycles. The Balaban J connectivity index is 2.02. The Morgan fingerprint density at radius 2 is 1.80 bits per heavy atom. The van der Waals surface area contributed by atoms with Crippen molar-refractivity contribution in [2.24, 2.45) is 0 Å². The van der Waals surface area contributed by atoms with Gasteiger partial charge in [-0.25, -0.2) is 4.79 Å². The summed E-state index contributed by atoms with van der Waals surface area (Å²) in [5, 5.41) is 8.86. The number of carbonyl (C=O) groups is 2. The highest BCUT2D eigenvalue weighted by Gasteiger charge is 2.43. The number of thioether (sulfide) groups is 1. The molecule has 6 nitrogen and oxygen atoms in total. The molecule has 0 radical (unpaired) electrons. The highest BCUT2D eigenvalue weighted by molar-refractivity contribution is 7.99. The van der Waals surface area contributed by atoms with Crippen molar-refractivity contribution in [1.29, 1.82) is 0 Å². The van der Waals surface area contributed by atoms with Crippen LogP contribution < -0.4 is 9.47 Å². The molecule has 1 fully saturated rings. The Hall–Kier alpha value is -2.88. The van der Waals surface area contributed by atoms with Crippen molar-refractivity contribution in [1.82, 2.24) is 4.90 Å². The molecule has 1 amide bonds. The number of hydrogen-bond acceptors (Lipinski definition) is 5. The zero-order valence-corrected chi connectivity index (χ0v) is 16.8. The third-order valence-electron chi connectivity index (χ3n) is 4.65. The number of methoxy groups -OCH3 is 2. The summed E-state index contributed by atoms with van der Waals surface area (Å²) in [5.74, 6) is -1.08. The molecule has 1 N–H and O–H groups in total. The van der Waals surface area contributed by atoms with Crippen LogP contribution in [0.3, 0.4) is 0 Å². The molecule has 10 heteroatoms. The molecule has 2 aromatic rings. The number of amides is 1. The van der Waals surface area contributed by atoms with E-state index in [1.54, 1.807) is 18.2 Å². The molecule has 2 atom stereocenters. The third kappa shape index (κ3) is 4.18. The van der Waals surface area contributed by atoms with E-state index in [0.717, 1.165) is 23.1 Å². The fourth-order valence-corrected chi connectivity index (χ4v) is 4.60. The van der Waals surface area contributed by atoms with Crippen molar-refractivity contribution in [2.45, 2.75) is 17.6 Å². The average molecular weight is 441 g/mol. The van der Waals surface area contributed by atoms with Crippen LogP contribution in [-0.4, -0.2) is 47.9 Å². The average Bonchev–Trinajstić information content (AvgIpc) is 3.17. The summed E-state index contributed by atoms with van der Waals surface area (Å²) in [6.45, 7) is 0. The second kappa shape index (κ2) is 8.47. The van der Waals surface area contributed by atoms with Gasteiger partial charge >= 0.3 is 12.1 Å². The lowest BCUT2D eigenvalue weighted by molar-refractivity contribution is -0.141. The van der Waals surface area contributed by atoms with E-state index in [9.17, 15) is 27.9 Å². The Labute approximate surface area is 174 Å². The number of halogens is 3. The Kier molecular flexibility index (Phi) is 6.16. The maximum Gasteiger partial charge on any atom is 0.416 e. The molecule has 0 bridgehead atoms. The Morgan fingerprint density at radius 3 is 2.40 bits per heavy atom. The van der Waals surface area contributed by atoms with Gasteiger partial charge in [0.25, 0.3) is 5.91 Å². The first-order valence-electron chi connectivity index (χ1n) is 8.73. The number of hydrogen-bond donors (Lipinski definition) is 1. The van der Waals surface area contributed by atoms with Gasteiger partial charge in [-0.15, -0.1) is 11.8 Å². The highest BCUT2D eigenvalue weighted by atomic mass is 32.2. The molecule has 30 heavy (non-hydrogen) atoms. The zero-order valence-electron chi connectivity index (χ0n) is 16.0. The molecule has 1 heterocycles. The first-order valence-corrected chi connectivity index (χ1v) is 9.78. The van der Waals surface area contributed by atoms with Crippen molar-refractivity contribution in [3.8, 4) is 11.5 Å². The predicted octanol–water partition coefficient (Wildman–Crippen LogP) is 4.06. The summed E-state index contributed by atoms with van der Waals surface area (Å²) < 4.78 is 49.6. The van der Waals surface area contributed by atoms with E-state index in [-0.39, 0.29) is 11.3 Å². The van der Waals surface area contributed by atoms with Gasteiger partial charge in [-0.3, -0.25) is 4.79 Å². The zero-order chi connectivity index (χ0) is 22.1. The first kappa shape index (κ1) is 21.8. The molecule has 3 rings (SSSR count). The summed E-state index contributed by atoms with van der Waals surface area (Å²) >= 11 is 1.21. The van der Waals surface area contributed by atoms with Crippen LogP contribution in [0.25, 0.3) is 0 Å². The lowest BCUT2D eigenvalue weighted by atomic mass is 10.1. The van der Waals surface area contributed by atoms with Crippen molar-refractivity contribution >= 4 is 23.6 Å². The van der Waals surface area contributed by atoms with Crippen molar-refractivity contribution in [3.63, 3.8) is 0 Å². The predicted molar refractivity (Wildman–Crippen MR) is 104 cm³/mol. The third-order valence-corrected chi connectivity index (χ3v) is 5.97. The fourth-order valence-electron chi connectivity index (χ4n) is 3.19. The number of carboxylic acid groups (broad SMARTS) is 1. The van der Waals surface area contributed by atoms with E-state index in [1.165, 1.54) is 32.0 Å². The van der Waals surface area contributed by atoms with Gasteiger partial charge in [-0.1, -0.05) is 12.1 Å². The maximum absolute atomic E-state index is 13.1. The van der Waals surface area contributed by atoms with Crippen LogP contribution in [0.4, 0.5) is 13.2 Å². The smallest absolute Gasteiger partial charge is 0.416 e. The molecule has 0 spiro atoms. The topological polar surface area (TPSA) is 76.1 Å². The van der Waals surface area contributed by atoms with Crippen LogP contribution in [0.15, 0.2) is 42.5 Å². The van der Waals surface area contributed by atoms with Gasteiger partial charge in [0.1, 0.15) is 11.4 Å². The monoisotopic (exact) mass is 441 g/mol. The minimum atomic E-state index is -4.62. The van der Waals surface area contributed by atoms with Crippen LogP contribution in [0, 0.1) is 0 Å². The van der Waals surface area contributed by atoms with Crippen molar-refractivity contribution < 1.29 is 37.3 Å². The van der Waals surface area contributed by atoms with E-state index in [0.29, 0.717) is 17.1 Å². The molecular formula is C20H18F3NO5S. The van der Waals surface area contributed by atoms with Crippen LogP contribution >= 0.6 is 11.8 Å². The summed E-state index contributed by atoms with van der Waals surface area (Å²) in [5.41, 5.74) is -0.638. The van der Waals surface area contributed by atoms with Gasteiger partial charge in [-0.2, -0.15) is 13.2 Å². The standard InChI is InChI=1S/C20H18F3NO5S/c1-28-15-7-6-12(9-16(15)29-2)18-24(14(10-30-18)19(26)27)17(25)11-4-3-5-13(8-11)20(21,22)23/h3-9,14,18H,10H2,1-2H3,(H,26,27). The van der Waals surface area contributed by atoms with E-state index in [2.05, 4.69) is 0 Å². The lowest BCUT2D eigenvalue weighted by Crippen LogP contribution is -2.43. The summed E-state index contributed by atoms with van der Waals surface area (Å²) in [4.78, 5) is 26.0. The first-order chi connectivity index (χ1) is 14.2. The number of benzene rings is 2. The number of carbonyl (C=O) groups excluding carboxylic acids is 1. The van der Waals surface area contributed by atoms with Crippen LogP contribution in [-0.2, 0) is 11.0 Å². The lowest BCUT2D eigenvalue weighted by Gasteiger charge is -2.28. The maximum atomic E-state index is 13.1. The molecule has 0 aliphatic carbocycles. The van der Waals surface area contributed by atoms with Crippen LogP contribution in [0.2, 0.25) is 0 Å². The number of carboxylic acids is 1. The number of ether oxygens (including phenoxy) is 2. The Morgan fingerprint density at radius 1 is 1.10 bits per heavy atom. The largest absolute Gasteiger partial charge is 0.493 e. The van der Waals surface area contributed by atoms with Gasteiger partial charge in [-0.05, 0) is 35.9 Å². The Bertz CT molecular complexity index is 966. The summed E-state index contributed by atoms with van der Waals surface area (Å²) in [7, 11) is 2.90. The number of aliphatic carboxylic acids is 1. The second-order valence-electron chi connectivity index (χ2n) is 6.45. The van der Waals surface area contributed by atoms with E-state index >= 15 is 0 Å². The quantitative estimate of drug-likeness (QED) is 0.754. The van der Waals surface area contributed by atoms with Gasteiger partial charge < -0.3 is 19.5 Å². The molecular weight excluding hydrogens is 423 g/mol. The van der Waals surface area contributed by atoms with E-state index in [4.69, 9.17) is 9.47 Å². The van der Waals surface area contributed by atoms with Crippen molar-refractivity contribution in [2.75, 3.05) is 20.0 Å². The number of alkyl halides is 3. The SMILES string of the molecule is COc1ccc(C2SCC(C(=O)O)N2C(=O)c2cccc(C(F)(F)F)c2)cc1OC. The minimum Gasteiger partial charge on any atom is -0.493 e. The molecule has 1 saturated heterocycles. The molecule has 2 aromatic carbocycles. The summed E-state index contributed by atoms with van der Waals surface area (Å²) in [6, 6.07) is 7.67. The highest BCUT2D eigenvalue weighted by Crippen LogP contribution is 2.44. The van der Waals surface area contributed by atoms with Crippen LogP contribution in [0.5, 0.6) is 11.5 Å². The van der Waals surface area contributed by atoms with Gasteiger partial charge in [0.15, 0.2) is 11.5 Å². The number of nitrogens with zero attached hydrogens (tertiary/aromatic N) is 1. The minimum absolute atomic E-state index is 0.0963. The normalized spacial score (nSPS) is 18.9. The van der Waals surface area contributed by atoms with E-state index < -0.39 is 35.0 Å². The molecule has 160 valence electrons. The molecule has 0 saturated carbocycles. The van der Waals surface area contributed by atoms with Crippen molar-refractivity contribution in [3.05, 3.63) is 59.2 Å². The van der Waals surface area contributed by atoms with Gasteiger partial charge in [0.05, 0.1) is 19.8 Å². The molecule has 2 unspecified atom stereocenters. The number of rotatable bonds is 5. The van der Waals surface area contributed by atoms with Gasteiger partial charge in [0.2, 0.25) is 0 Å². The van der Waals surface area contributed by atoms with E-state index in [1.807, 2.05) is 0 Å².